The first-order valence-electron chi connectivity index (χ1n) is 9.79. The van der Waals surface area contributed by atoms with Gasteiger partial charge in [-0.2, -0.15) is 5.10 Å². The quantitative estimate of drug-likeness (QED) is 0.342. The van der Waals surface area contributed by atoms with Crippen LogP contribution in [0, 0.1) is 0 Å². The summed E-state index contributed by atoms with van der Waals surface area (Å²) < 4.78 is 32.7. The summed E-state index contributed by atoms with van der Waals surface area (Å²) in [4.78, 5) is 23.8. The van der Waals surface area contributed by atoms with E-state index in [2.05, 4.69) is 10.5 Å². The van der Waals surface area contributed by atoms with Crippen molar-refractivity contribution < 1.29 is 27.9 Å². The van der Waals surface area contributed by atoms with Gasteiger partial charge < -0.3 is 9.84 Å². The van der Waals surface area contributed by atoms with E-state index in [-0.39, 0.29) is 21.7 Å². The summed E-state index contributed by atoms with van der Waals surface area (Å²) >= 11 is 5.93. The molecule has 0 unspecified atom stereocenters. The Morgan fingerprint density at radius 1 is 1.06 bits per heavy atom. The number of carbonyl (C=O) groups is 2. The SMILES string of the molecule is COc1ccc(S(=O)(=O)N(CC(=O)NN=Cc2ccccc2C(=O)O)c2ccc(Cl)cc2)cc1. The maximum atomic E-state index is 13.3. The van der Waals surface area contributed by atoms with Crippen LogP contribution in [-0.2, 0) is 14.8 Å². The monoisotopic (exact) mass is 501 g/mol. The van der Waals surface area contributed by atoms with Gasteiger partial charge in [-0.15, -0.1) is 0 Å². The van der Waals surface area contributed by atoms with Crippen molar-refractivity contribution in [3.05, 3.63) is 88.9 Å². The van der Waals surface area contributed by atoms with E-state index in [9.17, 15) is 23.1 Å². The molecule has 0 aliphatic rings. The van der Waals surface area contributed by atoms with Crippen LogP contribution in [0.5, 0.6) is 5.75 Å². The highest BCUT2D eigenvalue weighted by molar-refractivity contribution is 7.92. The molecular weight excluding hydrogens is 482 g/mol. The number of hydrogen-bond acceptors (Lipinski definition) is 6. The predicted molar refractivity (Wildman–Crippen MR) is 128 cm³/mol. The number of hydrogen-bond donors (Lipinski definition) is 2. The van der Waals surface area contributed by atoms with Crippen LogP contribution in [0.4, 0.5) is 5.69 Å². The van der Waals surface area contributed by atoms with Crippen molar-refractivity contribution in [2.75, 3.05) is 18.0 Å². The predicted octanol–water partition coefficient (Wildman–Crippen LogP) is 3.39. The number of carbonyl (C=O) groups excluding carboxylic acids is 1. The summed E-state index contributed by atoms with van der Waals surface area (Å²) in [5.41, 5.74) is 2.73. The van der Waals surface area contributed by atoms with E-state index in [1.54, 1.807) is 12.1 Å². The lowest BCUT2D eigenvalue weighted by Gasteiger charge is -2.23. The van der Waals surface area contributed by atoms with Gasteiger partial charge in [0.05, 0.1) is 29.5 Å². The number of carboxylic acid groups (broad SMARTS) is 1. The van der Waals surface area contributed by atoms with E-state index in [1.165, 1.54) is 74.0 Å². The van der Waals surface area contributed by atoms with Crippen LogP contribution >= 0.6 is 11.6 Å². The number of ether oxygens (including phenoxy) is 1. The number of carboxylic acids is 1. The molecule has 3 aromatic rings. The largest absolute Gasteiger partial charge is 0.497 e. The highest BCUT2D eigenvalue weighted by Gasteiger charge is 2.27. The fourth-order valence-corrected chi connectivity index (χ4v) is 4.49. The zero-order valence-electron chi connectivity index (χ0n) is 17.9. The van der Waals surface area contributed by atoms with E-state index in [4.69, 9.17) is 16.3 Å². The fourth-order valence-electron chi connectivity index (χ4n) is 2.94. The molecule has 0 aliphatic heterocycles. The van der Waals surface area contributed by atoms with Crippen molar-refractivity contribution in [1.82, 2.24) is 5.43 Å². The van der Waals surface area contributed by atoms with Gasteiger partial charge in [0.2, 0.25) is 0 Å². The first-order valence-corrected chi connectivity index (χ1v) is 11.6. The van der Waals surface area contributed by atoms with Crippen LogP contribution in [-0.4, -0.2) is 45.3 Å². The minimum absolute atomic E-state index is 0.00498. The van der Waals surface area contributed by atoms with E-state index in [0.29, 0.717) is 10.8 Å². The van der Waals surface area contributed by atoms with Crippen molar-refractivity contribution in [3.8, 4) is 5.75 Å². The van der Waals surface area contributed by atoms with Crippen molar-refractivity contribution in [1.29, 1.82) is 0 Å². The number of amides is 1. The Hall–Kier alpha value is -3.89. The first kappa shape index (κ1) is 24.7. The topological polar surface area (TPSA) is 125 Å². The van der Waals surface area contributed by atoms with Gasteiger partial charge >= 0.3 is 5.97 Å². The minimum atomic E-state index is -4.14. The Labute approximate surface area is 201 Å². The third-order valence-corrected chi connectivity index (χ3v) is 6.67. The highest BCUT2D eigenvalue weighted by atomic mass is 35.5. The van der Waals surface area contributed by atoms with Gasteiger partial charge in [-0.1, -0.05) is 29.8 Å². The molecule has 0 saturated carbocycles. The van der Waals surface area contributed by atoms with Gasteiger partial charge in [-0.3, -0.25) is 9.10 Å². The summed E-state index contributed by atoms with van der Waals surface area (Å²) in [6.45, 7) is -0.589. The van der Waals surface area contributed by atoms with Crippen molar-refractivity contribution >= 4 is 45.4 Å². The molecule has 0 saturated heterocycles. The first-order chi connectivity index (χ1) is 16.2. The lowest BCUT2D eigenvalue weighted by Crippen LogP contribution is -2.39. The van der Waals surface area contributed by atoms with E-state index >= 15 is 0 Å². The lowest BCUT2D eigenvalue weighted by atomic mass is 10.1. The molecule has 34 heavy (non-hydrogen) atoms. The van der Waals surface area contributed by atoms with Crippen molar-refractivity contribution in [2.24, 2.45) is 5.10 Å². The van der Waals surface area contributed by atoms with Crippen LogP contribution in [0.3, 0.4) is 0 Å². The summed E-state index contributed by atoms with van der Waals surface area (Å²) in [6.07, 6.45) is 1.17. The molecule has 0 radical (unpaired) electrons. The lowest BCUT2D eigenvalue weighted by molar-refractivity contribution is -0.119. The number of aromatic carboxylic acids is 1. The van der Waals surface area contributed by atoms with Crippen LogP contribution in [0.25, 0.3) is 0 Å². The molecule has 3 rings (SSSR count). The maximum absolute atomic E-state index is 13.3. The maximum Gasteiger partial charge on any atom is 0.336 e. The molecular formula is C23H20ClN3O6S. The van der Waals surface area contributed by atoms with E-state index in [0.717, 1.165) is 4.31 Å². The molecule has 0 bridgehead atoms. The van der Waals surface area contributed by atoms with Gasteiger partial charge in [0, 0.05) is 10.6 Å². The van der Waals surface area contributed by atoms with Crippen molar-refractivity contribution in [3.63, 3.8) is 0 Å². The third-order valence-electron chi connectivity index (χ3n) is 4.63. The molecule has 0 fully saturated rings. The molecule has 2 N–H and O–H groups in total. The molecule has 0 atom stereocenters. The van der Waals surface area contributed by atoms with Gasteiger partial charge in [0.15, 0.2) is 0 Å². The molecule has 1 amide bonds. The zero-order chi connectivity index (χ0) is 24.7. The zero-order valence-corrected chi connectivity index (χ0v) is 19.5. The molecule has 176 valence electrons. The van der Waals surface area contributed by atoms with Gasteiger partial charge in [-0.05, 0) is 54.6 Å². The van der Waals surface area contributed by atoms with E-state index < -0.39 is 28.4 Å². The van der Waals surface area contributed by atoms with E-state index in [1.807, 2.05) is 0 Å². The van der Waals surface area contributed by atoms with Crippen LogP contribution in [0.15, 0.2) is 82.8 Å². The van der Waals surface area contributed by atoms with Crippen LogP contribution in [0.2, 0.25) is 5.02 Å². The Morgan fingerprint density at radius 3 is 2.32 bits per heavy atom. The molecule has 3 aromatic carbocycles. The van der Waals surface area contributed by atoms with Gasteiger partial charge in [-0.25, -0.2) is 18.6 Å². The second kappa shape index (κ2) is 10.8. The number of anilines is 1. The Bertz CT molecular complexity index is 1310. The Kier molecular flexibility index (Phi) is 7.87. The molecule has 0 aromatic heterocycles. The fraction of sp³-hybridized carbons (Fsp3) is 0.0870. The smallest absolute Gasteiger partial charge is 0.336 e. The normalized spacial score (nSPS) is 11.2. The number of sulfonamides is 1. The molecule has 0 spiro atoms. The summed E-state index contributed by atoms with van der Waals surface area (Å²) in [5.74, 6) is -1.41. The average molecular weight is 502 g/mol. The molecule has 9 nitrogen and oxygen atoms in total. The Morgan fingerprint density at radius 2 is 1.71 bits per heavy atom. The number of halogens is 1. The number of nitrogens with zero attached hydrogens (tertiary/aromatic N) is 2. The summed E-state index contributed by atoms with van der Waals surface area (Å²) in [7, 11) is -2.68. The third kappa shape index (κ3) is 5.91. The number of benzene rings is 3. The average Bonchev–Trinajstić information content (AvgIpc) is 2.83. The standard InChI is InChI=1S/C23H20ClN3O6S/c1-33-19-10-12-20(13-11-19)34(31,32)27(18-8-6-17(24)7-9-18)15-22(28)26-25-14-16-4-2-3-5-21(16)23(29)30/h2-14H,15H2,1H3,(H,26,28)(H,29,30). The number of methoxy groups -OCH3 is 1. The summed E-state index contributed by atoms with van der Waals surface area (Å²) in [6, 6.07) is 17.8. The number of hydrazone groups is 1. The molecule has 0 aliphatic carbocycles. The molecule has 11 heteroatoms. The van der Waals surface area contributed by atoms with Crippen LogP contribution in [0.1, 0.15) is 15.9 Å². The second-order valence-electron chi connectivity index (χ2n) is 6.85. The minimum Gasteiger partial charge on any atom is -0.497 e. The summed E-state index contributed by atoms with van der Waals surface area (Å²) in [5, 5.41) is 13.4. The number of nitrogens with one attached hydrogen (secondary N) is 1. The second-order valence-corrected chi connectivity index (χ2v) is 9.15. The Balaban J connectivity index is 1.85. The highest BCUT2D eigenvalue weighted by Crippen LogP contribution is 2.26. The number of rotatable bonds is 9. The molecule has 0 heterocycles. The van der Waals surface area contributed by atoms with Gasteiger partial charge in [0.25, 0.3) is 15.9 Å². The van der Waals surface area contributed by atoms with Crippen LogP contribution < -0.4 is 14.5 Å². The van der Waals surface area contributed by atoms with Gasteiger partial charge in [0.1, 0.15) is 12.3 Å². The van der Waals surface area contributed by atoms with Crippen molar-refractivity contribution in [2.45, 2.75) is 4.90 Å².